The van der Waals surface area contributed by atoms with Gasteiger partial charge in [-0.2, -0.15) is 0 Å². The molecule has 82 valence electrons. The summed E-state index contributed by atoms with van der Waals surface area (Å²) in [6, 6.07) is 0. The topological polar surface area (TPSA) is 20.2 Å². The maximum absolute atomic E-state index is 9.01. The minimum atomic E-state index is 0.409. The highest BCUT2D eigenvalue weighted by Gasteiger charge is 2.29. The highest BCUT2D eigenvalue weighted by Crippen LogP contribution is 2.41. The van der Waals surface area contributed by atoms with Crippen LogP contribution in [0, 0.1) is 17.8 Å². The molecule has 0 aliphatic heterocycles. The van der Waals surface area contributed by atoms with E-state index in [2.05, 4.69) is 0 Å². The second-order valence-electron chi connectivity index (χ2n) is 5.35. The van der Waals surface area contributed by atoms with Gasteiger partial charge in [-0.1, -0.05) is 44.9 Å². The molecule has 0 radical (unpaired) electrons. The first-order valence-electron chi connectivity index (χ1n) is 6.51. The molecular weight excluding hydrogens is 172 g/mol. The molecule has 0 amide bonds. The second kappa shape index (κ2) is 5.16. The van der Waals surface area contributed by atoms with Crippen LogP contribution in [0.1, 0.15) is 57.8 Å². The maximum atomic E-state index is 9.01. The molecule has 1 nitrogen and oxygen atoms in total. The van der Waals surface area contributed by atoms with E-state index in [1.807, 2.05) is 0 Å². The van der Waals surface area contributed by atoms with Crippen LogP contribution in [0.25, 0.3) is 0 Å². The van der Waals surface area contributed by atoms with Crippen molar-refractivity contribution in [3.05, 3.63) is 0 Å². The quantitative estimate of drug-likeness (QED) is 0.731. The summed E-state index contributed by atoms with van der Waals surface area (Å²) in [4.78, 5) is 0. The van der Waals surface area contributed by atoms with Crippen LogP contribution in [0.5, 0.6) is 0 Å². The molecule has 0 spiro atoms. The van der Waals surface area contributed by atoms with Gasteiger partial charge in [0.25, 0.3) is 0 Å². The van der Waals surface area contributed by atoms with Crippen LogP contribution < -0.4 is 0 Å². The van der Waals surface area contributed by atoms with Crippen molar-refractivity contribution in [2.75, 3.05) is 6.61 Å². The van der Waals surface area contributed by atoms with Gasteiger partial charge in [0.05, 0.1) is 0 Å². The van der Waals surface area contributed by atoms with Crippen molar-refractivity contribution in [3.63, 3.8) is 0 Å². The molecule has 2 fully saturated rings. The second-order valence-corrected chi connectivity index (χ2v) is 5.35. The van der Waals surface area contributed by atoms with Gasteiger partial charge in [0.15, 0.2) is 0 Å². The van der Waals surface area contributed by atoms with Crippen molar-refractivity contribution in [1.29, 1.82) is 0 Å². The van der Waals surface area contributed by atoms with Gasteiger partial charge in [0, 0.05) is 6.61 Å². The van der Waals surface area contributed by atoms with E-state index in [-0.39, 0.29) is 0 Å². The van der Waals surface area contributed by atoms with E-state index in [1.165, 1.54) is 51.4 Å². The standard InChI is InChI=1S/C13H24O/c14-9-8-12-6-3-7-13(12)10-11-4-1-2-5-11/h11-14H,1-10H2. The molecule has 2 rings (SSSR count). The average molecular weight is 196 g/mol. The first kappa shape index (κ1) is 10.5. The van der Waals surface area contributed by atoms with Crippen LogP contribution in [0.2, 0.25) is 0 Å². The summed E-state index contributed by atoms with van der Waals surface area (Å²) in [6.45, 7) is 0.409. The molecule has 0 heterocycles. The van der Waals surface area contributed by atoms with Crippen molar-refractivity contribution in [2.24, 2.45) is 17.8 Å². The Morgan fingerprint density at radius 2 is 1.57 bits per heavy atom. The summed E-state index contributed by atoms with van der Waals surface area (Å²) < 4.78 is 0. The smallest absolute Gasteiger partial charge is 0.0433 e. The molecule has 2 saturated carbocycles. The molecule has 14 heavy (non-hydrogen) atoms. The molecule has 2 aliphatic carbocycles. The van der Waals surface area contributed by atoms with Crippen molar-refractivity contribution in [3.8, 4) is 0 Å². The van der Waals surface area contributed by atoms with Gasteiger partial charge in [-0.25, -0.2) is 0 Å². The van der Waals surface area contributed by atoms with Crippen LogP contribution >= 0.6 is 0 Å². The largest absolute Gasteiger partial charge is 0.396 e. The van der Waals surface area contributed by atoms with Gasteiger partial charge in [0.2, 0.25) is 0 Å². The van der Waals surface area contributed by atoms with Crippen molar-refractivity contribution in [1.82, 2.24) is 0 Å². The van der Waals surface area contributed by atoms with E-state index in [1.54, 1.807) is 0 Å². The predicted molar refractivity (Wildman–Crippen MR) is 59.1 cm³/mol. The third-order valence-corrected chi connectivity index (χ3v) is 4.43. The lowest BCUT2D eigenvalue weighted by Gasteiger charge is -2.21. The van der Waals surface area contributed by atoms with Gasteiger partial charge < -0.3 is 5.11 Å². The lowest BCUT2D eigenvalue weighted by molar-refractivity contribution is 0.218. The molecule has 0 aromatic heterocycles. The Labute approximate surface area is 87.9 Å². The fourth-order valence-corrected chi connectivity index (χ4v) is 3.64. The summed E-state index contributed by atoms with van der Waals surface area (Å²) in [7, 11) is 0. The minimum Gasteiger partial charge on any atom is -0.396 e. The van der Waals surface area contributed by atoms with Gasteiger partial charge in [0.1, 0.15) is 0 Å². The number of aliphatic hydroxyl groups is 1. The van der Waals surface area contributed by atoms with Gasteiger partial charge >= 0.3 is 0 Å². The van der Waals surface area contributed by atoms with Gasteiger partial charge in [-0.3, -0.25) is 0 Å². The number of hydrogen-bond acceptors (Lipinski definition) is 1. The number of hydrogen-bond donors (Lipinski definition) is 1. The zero-order chi connectivity index (χ0) is 9.80. The van der Waals surface area contributed by atoms with E-state index < -0.39 is 0 Å². The minimum absolute atomic E-state index is 0.409. The maximum Gasteiger partial charge on any atom is 0.0433 e. The van der Waals surface area contributed by atoms with E-state index >= 15 is 0 Å². The molecule has 0 aromatic rings. The lowest BCUT2D eigenvalue weighted by Crippen LogP contribution is -2.13. The number of aliphatic hydroxyl groups excluding tert-OH is 1. The summed E-state index contributed by atoms with van der Waals surface area (Å²) in [5.41, 5.74) is 0. The summed E-state index contributed by atoms with van der Waals surface area (Å²) in [5.74, 6) is 2.87. The molecule has 0 saturated heterocycles. The first-order valence-corrected chi connectivity index (χ1v) is 6.51. The van der Waals surface area contributed by atoms with Crippen molar-refractivity contribution >= 4 is 0 Å². The first-order chi connectivity index (χ1) is 6.90. The van der Waals surface area contributed by atoms with Crippen LogP contribution in [-0.4, -0.2) is 11.7 Å². The van der Waals surface area contributed by atoms with Crippen LogP contribution in [0.3, 0.4) is 0 Å². The predicted octanol–water partition coefficient (Wildman–Crippen LogP) is 3.37. The molecule has 1 N–H and O–H groups in total. The molecule has 2 atom stereocenters. The van der Waals surface area contributed by atoms with Crippen LogP contribution in [0.15, 0.2) is 0 Å². The zero-order valence-electron chi connectivity index (χ0n) is 9.25. The Morgan fingerprint density at radius 1 is 0.857 bits per heavy atom. The average Bonchev–Trinajstić information content (AvgIpc) is 2.80. The van der Waals surface area contributed by atoms with E-state index in [4.69, 9.17) is 5.11 Å². The van der Waals surface area contributed by atoms with E-state index in [9.17, 15) is 0 Å². The highest BCUT2D eigenvalue weighted by atomic mass is 16.3. The van der Waals surface area contributed by atoms with E-state index in [0.29, 0.717) is 6.61 Å². The van der Waals surface area contributed by atoms with Crippen LogP contribution in [0.4, 0.5) is 0 Å². The van der Waals surface area contributed by atoms with Crippen LogP contribution in [-0.2, 0) is 0 Å². The lowest BCUT2D eigenvalue weighted by atomic mass is 9.84. The van der Waals surface area contributed by atoms with Gasteiger partial charge in [-0.05, 0) is 30.6 Å². The molecule has 0 bridgehead atoms. The monoisotopic (exact) mass is 196 g/mol. The Kier molecular flexibility index (Phi) is 3.86. The van der Waals surface area contributed by atoms with Gasteiger partial charge in [-0.15, -0.1) is 0 Å². The Hall–Kier alpha value is -0.0400. The molecule has 0 aromatic carbocycles. The zero-order valence-corrected chi connectivity index (χ0v) is 9.25. The highest BCUT2D eigenvalue weighted by molar-refractivity contribution is 4.81. The Balaban J connectivity index is 1.77. The molecule has 1 heteroatoms. The summed E-state index contributed by atoms with van der Waals surface area (Å²) >= 11 is 0. The summed E-state index contributed by atoms with van der Waals surface area (Å²) in [6.07, 6.45) is 12.7. The van der Waals surface area contributed by atoms with Crippen molar-refractivity contribution < 1.29 is 5.11 Å². The fourth-order valence-electron chi connectivity index (χ4n) is 3.64. The van der Waals surface area contributed by atoms with E-state index in [0.717, 1.165) is 24.2 Å². The third kappa shape index (κ3) is 2.50. The fraction of sp³-hybridized carbons (Fsp3) is 1.00. The summed E-state index contributed by atoms with van der Waals surface area (Å²) in [5, 5.41) is 9.01. The van der Waals surface area contributed by atoms with Crippen molar-refractivity contribution in [2.45, 2.75) is 57.8 Å². The normalized spacial score (nSPS) is 34.1. The number of rotatable bonds is 4. The molecular formula is C13H24O. The Bertz CT molecular complexity index is 161. The molecule has 2 unspecified atom stereocenters. The Morgan fingerprint density at radius 3 is 2.29 bits per heavy atom. The third-order valence-electron chi connectivity index (χ3n) is 4.43. The molecule has 2 aliphatic rings. The SMILES string of the molecule is OCCC1CCCC1CC1CCCC1.